The van der Waals surface area contributed by atoms with Crippen LogP contribution in [0.5, 0.6) is 0 Å². The summed E-state index contributed by atoms with van der Waals surface area (Å²) in [5.74, 6) is -0.828. The number of aliphatic hydroxyl groups is 2. The number of nitrogens with zero attached hydrogens (tertiary/aromatic N) is 4. The van der Waals surface area contributed by atoms with Gasteiger partial charge in [0.15, 0.2) is 23.2 Å². The van der Waals surface area contributed by atoms with Gasteiger partial charge < -0.3 is 34.9 Å². The van der Waals surface area contributed by atoms with Crippen molar-refractivity contribution in [2.75, 3.05) is 17.4 Å². The summed E-state index contributed by atoms with van der Waals surface area (Å²) in [4.78, 5) is 40.8. The van der Waals surface area contributed by atoms with Crippen LogP contribution in [-0.2, 0) is 20.4 Å². The monoisotopic (exact) mass is 597 g/mol. The lowest BCUT2D eigenvalue weighted by Gasteiger charge is -2.18. The zero-order valence-electron chi connectivity index (χ0n) is 20.3. The van der Waals surface area contributed by atoms with Crippen LogP contribution in [0.3, 0.4) is 0 Å². The average molecular weight is 598 g/mol. The molecule has 0 saturated carbocycles. The molecule has 1 aliphatic heterocycles. The molecule has 5 atom stereocenters. The summed E-state index contributed by atoms with van der Waals surface area (Å²) in [6, 6.07) is 14.0. The van der Waals surface area contributed by atoms with Gasteiger partial charge in [-0.1, -0.05) is 36.4 Å². The maximum Gasteiger partial charge on any atom is 0.335 e. The van der Waals surface area contributed by atoms with Crippen molar-refractivity contribution in [3.8, 4) is 0 Å². The molecule has 39 heavy (non-hydrogen) atoms. The molecule has 13 nitrogen and oxygen atoms in total. The molecule has 0 amide bonds. The number of aromatic nitrogens is 4. The molecule has 0 aliphatic carbocycles. The number of anilines is 1. The molecule has 0 radical (unpaired) electrons. The van der Waals surface area contributed by atoms with Gasteiger partial charge in [-0.3, -0.25) is 13.7 Å². The molecule has 1 saturated heterocycles. The Morgan fingerprint density at radius 2 is 1.77 bits per heavy atom. The average Bonchev–Trinajstić information content (AvgIpc) is 3.40. The zero-order chi connectivity index (χ0) is 27.9. The molecule has 6 N–H and O–H groups in total. The topological polar surface area (TPSA) is 200 Å². The molecule has 4 aromatic rings. The predicted molar refractivity (Wildman–Crippen MR) is 144 cm³/mol. The molecular formula is C23H26ClN5O8P2. The van der Waals surface area contributed by atoms with Crippen LogP contribution in [0.15, 0.2) is 48.8 Å². The lowest BCUT2D eigenvalue weighted by molar-refractivity contribution is -0.0354. The Balaban J connectivity index is 1.34. The Morgan fingerprint density at radius 3 is 2.51 bits per heavy atom. The van der Waals surface area contributed by atoms with Gasteiger partial charge in [0.25, 0.3) is 0 Å². The molecule has 5 rings (SSSR count). The van der Waals surface area contributed by atoms with Crippen molar-refractivity contribution in [3.05, 3.63) is 59.6 Å². The minimum atomic E-state index is -4.71. The molecule has 16 heteroatoms. The predicted octanol–water partition coefficient (Wildman–Crippen LogP) is 2.66. The Hall–Kier alpha value is -2.44. The summed E-state index contributed by atoms with van der Waals surface area (Å²) in [5.41, 5.74) is 1.56. The third-order valence-corrected chi connectivity index (χ3v) is 10.8. The van der Waals surface area contributed by atoms with Crippen LogP contribution in [0, 0.1) is 0 Å². The van der Waals surface area contributed by atoms with Gasteiger partial charge >= 0.3 is 7.60 Å². The lowest BCUT2D eigenvalue weighted by Crippen LogP contribution is -2.32. The van der Waals surface area contributed by atoms with Gasteiger partial charge in [0.05, 0.1) is 12.4 Å². The number of benzene rings is 2. The van der Waals surface area contributed by atoms with Crippen LogP contribution in [-0.4, -0.2) is 74.8 Å². The minimum absolute atomic E-state index is 0.0893. The molecule has 208 valence electrons. The highest BCUT2D eigenvalue weighted by molar-refractivity contribution is 7.72. The van der Waals surface area contributed by atoms with E-state index < -0.39 is 51.6 Å². The van der Waals surface area contributed by atoms with Crippen molar-refractivity contribution in [3.63, 3.8) is 0 Å². The maximum absolute atomic E-state index is 12.2. The van der Waals surface area contributed by atoms with E-state index in [0.717, 1.165) is 16.3 Å². The smallest absolute Gasteiger partial charge is 0.335 e. The molecular weight excluding hydrogens is 572 g/mol. The number of halogens is 1. The number of ether oxygens (including phenoxy) is 1. The molecule has 3 unspecified atom stereocenters. The number of imidazole rings is 1. The normalized spacial score (nSPS) is 23.3. The highest BCUT2D eigenvalue weighted by Crippen LogP contribution is 2.55. The first-order valence-electron chi connectivity index (χ1n) is 11.9. The Labute approximate surface area is 227 Å². The summed E-state index contributed by atoms with van der Waals surface area (Å²) in [6.45, 7) is 0.416. The van der Waals surface area contributed by atoms with E-state index in [1.165, 1.54) is 10.9 Å². The van der Waals surface area contributed by atoms with Gasteiger partial charge in [-0.05, 0) is 40.4 Å². The molecule has 1 fully saturated rings. The van der Waals surface area contributed by atoms with E-state index in [1.54, 1.807) is 0 Å². The summed E-state index contributed by atoms with van der Waals surface area (Å²) >= 11 is 6.19. The summed E-state index contributed by atoms with van der Waals surface area (Å²) in [6.07, 6.45) is -4.51. The van der Waals surface area contributed by atoms with Crippen molar-refractivity contribution in [1.82, 2.24) is 19.5 Å². The quantitative estimate of drug-likeness (QED) is 0.122. The number of rotatable bonds is 9. The van der Waals surface area contributed by atoms with Gasteiger partial charge in [-0.2, -0.15) is 9.97 Å². The largest absolute Gasteiger partial charge is 0.388 e. The van der Waals surface area contributed by atoms with Gasteiger partial charge in [0, 0.05) is 12.7 Å². The highest BCUT2D eigenvalue weighted by atomic mass is 35.5. The minimum Gasteiger partial charge on any atom is -0.388 e. The van der Waals surface area contributed by atoms with Crippen LogP contribution < -0.4 is 5.32 Å². The number of aliphatic hydroxyl groups excluding tert-OH is 2. The summed E-state index contributed by atoms with van der Waals surface area (Å²) in [5, 5.41) is 26.5. The summed E-state index contributed by atoms with van der Waals surface area (Å²) in [7, 11) is -8.91. The number of fused-ring (bicyclic) bond motifs is 2. The second-order valence-corrected chi connectivity index (χ2v) is 14.3. The summed E-state index contributed by atoms with van der Waals surface area (Å²) < 4.78 is 30.5. The third-order valence-electron chi connectivity index (χ3n) is 6.45. The zero-order valence-corrected chi connectivity index (χ0v) is 22.8. The molecule has 0 spiro atoms. The Morgan fingerprint density at radius 1 is 1.03 bits per heavy atom. The van der Waals surface area contributed by atoms with E-state index in [0.29, 0.717) is 17.9 Å². The maximum atomic E-state index is 12.2. The van der Waals surface area contributed by atoms with Crippen LogP contribution in [0.1, 0.15) is 18.2 Å². The molecule has 1 aliphatic rings. The van der Waals surface area contributed by atoms with E-state index in [1.807, 2.05) is 36.4 Å². The van der Waals surface area contributed by atoms with Crippen molar-refractivity contribution in [2.24, 2.45) is 0 Å². The second-order valence-electron chi connectivity index (χ2n) is 9.41. The Kier molecular flexibility index (Phi) is 7.82. The van der Waals surface area contributed by atoms with Crippen LogP contribution >= 0.6 is 26.6 Å². The van der Waals surface area contributed by atoms with Gasteiger partial charge in [-0.25, -0.2) is 4.98 Å². The standard InChI is InChI=1S/C23H26ClN5O8P2/c24-23-27-20(25-10-13-5-6-14-3-1-2-4-15(14)9-13)17-21(28-23)29(11-26-17)22-19(31)18(30)16(37-22)7-8-38(32,33)12-39(34,35)36/h1-6,9,11,16,18-19,22,30-31H,7-8,10,12H2,(H,32,33)(H,25,27,28)(H2,34,35,36)/t16-,18?,19?,22-/m1/s1. The second kappa shape index (κ2) is 10.9. The fraction of sp³-hybridized carbons (Fsp3) is 0.348. The fourth-order valence-corrected chi connectivity index (χ4v) is 8.31. The van der Waals surface area contributed by atoms with Crippen molar-refractivity contribution in [2.45, 2.75) is 37.5 Å². The number of nitrogens with one attached hydrogen (secondary N) is 1. The van der Waals surface area contributed by atoms with Crippen molar-refractivity contribution < 1.29 is 38.8 Å². The van der Waals surface area contributed by atoms with Crippen LogP contribution in [0.4, 0.5) is 5.82 Å². The molecule has 3 heterocycles. The van der Waals surface area contributed by atoms with E-state index in [2.05, 4.69) is 26.3 Å². The molecule has 2 aromatic carbocycles. The number of hydrogen-bond donors (Lipinski definition) is 6. The molecule has 2 aromatic heterocycles. The highest BCUT2D eigenvalue weighted by Gasteiger charge is 2.45. The lowest BCUT2D eigenvalue weighted by atomic mass is 10.1. The number of hydrogen-bond acceptors (Lipinski definition) is 9. The first kappa shape index (κ1) is 28.1. The van der Waals surface area contributed by atoms with Crippen molar-refractivity contribution in [1.29, 1.82) is 0 Å². The van der Waals surface area contributed by atoms with E-state index in [4.69, 9.17) is 26.1 Å². The van der Waals surface area contributed by atoms with E-state index in [-0.39, 0.29) is 17.4 Å². The first-order valence-corrected chi connectivity index (χ1v) is 16.1. The van der Waals surface area contributed by atoms with E-state index >= 15 is 0 Å². The van der Waals surface area contributed by atoms with Gasteiger partial charge in [0.2, 0.25) is 12.7 Å². The van der Waals surface area contributed by atoms with Crippen LogP contribution in [0.25, 0.3) is 21.9 Å². The third kappa shape index (κ3) is 6.33. The SMILES string of the molecule is O=P(O)(O)CP(=O)(O)CC[C@H]1O[C@@H](n2cnc3c(NCc4ccc5ccccc5c4)nc(Cl)nc32)C(O)C1O. The van der Waals surface area contributed by atoms with Gasteiger partial charge in [-0.15, -0.1) is 0 Å². The Bertz CT molecular complexity index is 1610. The van der Waals surface area contributed by atoms with Crippen LogP contribution in [0.2, 0.25) is 5.28 Å². The van der Waals surface area contributed by atoms with E-state index in [9.17, 15) is 24.2 Å². The van der Waals surface area contributed by atoms with Gasteiger partial charge in [0.1, 0.15) is 18.1 Å². The molecule has 0 bridgehead atoms. The first-order chi connectivity index (χ1) is 18.4. The van der Waals surface area contributed by atoms with Crippen molar-refractivity contribution >= 4 is 54.3 Å². The fourth-order valence-electron chi connectivity index (χ4n) is 4.62.